The summed E-state index contributed by atoms with van der Waals surface area (Å²) in [4.78, 5) is 8.85. The van der Waals surface area contributed by atoms with Gasteiger partial charge in [0.25, 0.3) is 0 Å². The summed E-state index contributed by atoms with van der Waals surface area (Å²) in [7, 11) is 0. The lowest BCUT2D eigenvalue weighted by atomic mass is 9.97. The van der Waals surface area contributed by atoms with Crippen molar-refractivity contribution >= 4 is 11.4 Å². The lowest BCUT2D eigenvalue weighted by Crippen LogP contribution is -2.02. The van der Waals surface area contributed by atoms with Gasteiger partial charge in [-0.25, -0.2) is 4.42 Å². The molecule has 3 heteroatoms. The van der Waals surface area contributed by atoms with Crippen LogP contribution in [0.4, 0.5) is 0 Å². The molecule has 0 saturated carbocycles. The Labute approximate surface area is 158 Å². The van der Waals surface area contributed by atoms with Gasteiger partial charge in [0.05, 0.1) is 29.1 Å². The Balaban J connectivity index is 1.74. The first-order chi connectivity index (χ1) is 13.2. The Hall–Kier alpha value is -3.59. The van der Waals surface area contributed by atoms with Gasteiger partial charge >= 0.3 is 11.5 Å². The fraction of sp³-hybridized carbons (Fsp3) is 0.0417. The molecule has 0 atom stereocenters. The topological polar surface area (TPSA) is 37.1 Å². The monoisotopic (exact) mass is 351 g/mol. The first-order valence-electron chi connectivity index (χ1n) is 8.78. The van der Waals surface area contributed by atoms with Crippen LogP contribution in [0.25, 0.3) is 16.8 Å². The average Bonchev–Trinajstić information content (AvgIpc) is 2.72. The number of ketones is 1. The lowest BCUT2D eigenvalue weighted by Gasteiger charge is -2.08. The molecule has 130 valence electrons. The van der Waals surface area contributed by atoms with Crippen molar-refractivity contribution in [3.63, 3.8) is 0 Å². The van der Waals surface area contributed by atoms with E-state index >= 15 is 0 Å². The van der Waals surface area contributed by atoms with E-state index in [4.69, 9.17) is 4.42 Å². The number of rotatable bonds is 3. The van der Waals surface area contributed by atoms with Gasteiger partial charge in [0, 0.05) is 29.6 Å². The molecule has 0 N–H and O–H groups in total. The molecule has 0 saturated heterocycles. The third-order valence-electron chi connectivity index (χ3n) is 4.40. The van der Waals surface area contributed by atoms with Gasteiger partial charge in [-0.15, -0.1) is 0 Å². The number of benzene rings is 1. The number of nitrogens with zero attached hydrogens (tertiary/aromatic N) is 2. The van der Waals surface area contributed by atoms with Crippen LogP contribution in [0.15, 0.2) is 97.4 Å². The van der Waals surface area contributed by atoms with Gasteiger partial charge in [-0.05, 0) is 48.9 Å². The summed E-state index contributed by atoms with van der Waals surface area (Å²) in [5.41, 5.74) is 5.77. The minimum atomic E-state index is 0.754. The molecule has 0 radical (unpaired) electrons. The van der Waals surface area contributed by atoms with Crippen molar-refractivity contribution < 1.29 is 4.42 Å². The van der Waals surface area contributed by atoms with Crippen molar-refractivity contribution in [2.24, 2.45) is 0 Å². The molecule has 2 heterocycles. The van der Waals surface area contributed by atoms with Crippen LogP contribution in [0.5, 0.6) is 5.75 Å². The molecule has 0 bridgehead atoms. The maximum atomic E-state index is 6.21. The van der Waals surface area contributed by atoms with E-state index in [9.17, 15) is 0 Å². The number of hydrogen-bond donors (Lipinski definition) is 0. The van der Waals surface area contributed by atoms with Crippen LogP contribution < -0.4 is 0 Å². The second-order valence-electron chi connectivity index (χ2n) is 6.33. The highest BCUT2D eigenvalue weighted by Crippen LogP contribution is 2.28. The Kier molecular flexibility index (Phi) is 4.58. The number of aryl methyl sites for hydroxylation is 1. The highest BCUT2D eigenvalue weighted by atomic mass is 16.4. The van der Waals surface area contributed by atoms with Crippen molar-refractivity contribution in [3.8, 4) is 17.0 Å². The van der Waals surface area contributed by atoms with Crippen molar-refractivity contribution in [1.82, 2.24) is 9.97 Å². The minimum absolute atomic E-state index is 0.754. The Morgan fingerprint density at radius 2 is 1.59 bits per heavy atom. The van der Waals surface area contributed by atoms with Gasteiger partial charge in [0.1, 0.15) is 0 Å². The predicted octanol–water partition coefficient (Wildman–Crippen LogP) is 5.48. The molecule has 3 nitrogen and oxygen atoms in total. The molecular weight excluding hydrogens is 332 g/mol. The third kappa shape index (κ3) is 3.67. The zero-order valence-electron chi connectivity index (χ0n) is 15.1. The zero-order valence-corrected chi connectivity index (χ0v) is 15.1. The molecule has 0 amide bonds. The SMILES string of the molecule is C=C1C=CC(=[O+]c2cc(-c3ccccn3)ccc2C)C=C1c1ccccn1. The van der Waals surface area contributed by atoms with E-state index in [2.05, 4.69) is 28.7 Å². The highest BCUT2D eigenvalue weighted by molar-refractivity contribution is 6.10. The average molecular weight is 351 g/mol. The number of aromatic nitrogens is 2. The number of allylic oxidation sites excluding steroid dienone is 5. The van der Waals surface area contributed by atoms with Crippen LogP contribution in [-0.4, -0.2) is 15.8 Å². The molecule has 1 aliphatic rings. The first-order valence-corrected chi connectivity index (χ1v) is 8.78. The predicted molar refractivity (Wildman–Crippen MR) is 109 cm³/mol. The van der Waals surface area contributed by atoms with Crippen LogP contribution >= 0.6 is 0 Å². The van der Waals surface area contributed by atoms with E-state index in [0.717, 1.165) is 45.2 Å². The fourth-order valence-electron chi connectivity index (χ4n) is 2.91. The van der Waals surface area contributed by atoms with Crippen LogP contribution in [0.2, 0.25) is 0 Å². The molecule has 1 aromatic carbocycles. The van der Waals surface area contributed by atoms with Crippen molar-refractivity contribution in [2.45, 2.75) is 6.92 Å². The number of pyridine rings is 2. The summed E-state index contributed by atoms with van der Waals surface area (Å²) in [5.74, 6) is 1.56. The lowest BCUT2D eigenvalue weighted by molar-refractivity contribution is -0.364. The zero-order chi connectivity index (χ0) is 18.6. The van der Waals surface area contributed by atoms with Crippen molar-refractivity contribution in [2.75, 3.05) is 0 Å². The maximum Gasteiger partial charge on any atom is 0.357 e. The van der Waals surface area contributed by atoms with E-state index in [1.54, 1.807) is 12.4 Å². The molecule has 0 spiro atoms. The largest absolute Gasteiger partial charge is 0.357 e. The Bertz CT molecular complexity index is 1080. The number of carbonyl (C=O) groups excluding carboxylic acids is 1. The molecule has 27 heavy (non-hydrogen) atoms. The van der Waals surface area contributed by atoms with E-state index in [0.29, 0.717) is 0 Å². The van der Waals surface area contributed by atoms with Crippen molar-refractivity contribution in [1.29, 1.82) is 0 Å². The number of hydrogen-bond acceptors (Lipinski definition) is 2. The summed E-state index contributed by atoms with van der Waals surface area (Å²) < 4.78 is 6.21. The van der Waals surface area contributed by atoms with Crippen LogP contribution in [0.1, 0.15) is 11.3 Å². The molecule has 3 aromatic rings. The van der Waals surface area contributed by atoms with Gasteiger partial charge in [0.2, 0.25) is 0 Å². The van der Waals surface area contributed by atoms with Crippen LogP contribution in [0.3, 0.4) is 0 Å². The normalized spacial score (nSPS) is 15.1. The molecule has 2 aromatic heterocycles. The summed E-state index contributed by atoms with van der Waals surface area (Å²) in [6.07, 6.45) is 9.45. The third-order valence-corrected chi connectivity index (χ3v) is 4.40. The quantitative estimate of drug-likeness (QED) is 0.586. The molecular formula is C24H19N2O+. The summed E-state index contributed by atoms with van der Waals surface area (Å²) in [6, 6.07) is 17.9. The summed E-state index contributed by atoms with van der Waals surface area (Å²) >= 11 is 0. The maximum absolute atomic E-state index is 6.21. The standard InChI is InChI=1S/C24H19N2O/c1-17-10-12-20(16-21(17)23-8-4-6-14-26-23)27-24-15-19(11-9-18(24)2)22-7-3-5-13-25-22/h3-16H,1H2,2H3/q+1. The Morgan fingerprint density at radius 3 is 2.30 bits per heavy atom. The van der Waals surface area contributed by atoms with Gasteiger partial charge in [-0.3, -0.25) is 9.97 Å². The molecule has 0 unspecified atom stereocenters. The van der Waals surface area contributed by atoms with E-state index in [-0.39, 0.29) is 0 Å². The first kappa shape index (κ1) is 16.9. The van der Waals surface area contributed by atoms with Gasteiger partial charge in [-0.1, -0.05) is 24.8 Å². The molecule has 0 fully saturated rings. The van der Waals surface area contributed by atoms with E-state index in [1.165, 1.54) is 0 Å². The smallest absolute Gasteiger partial charge is 0.256 e. The Morgan fingerprint density at radius 1 is 0.852 bits per heavy atom. The van der Waals surface area contributed by atoms with E-state index < -0.39 is 0 Å². The van der Waals surface area contributed by atoms with Gasteiger partial charge in [-0.2, -0.15) is 0 Å². The minimum Gasteiger partial charge on any atom is -0.256 e. The summed E-state index contributed by atoms with van der Waals surface area (Å²) in [6.45, 7) is 6.15. The van der Waals surface area contributed by atoms with Gasteiger partial charge < -0.3 is 0 Å². The molecule has 1 aliphatic carbocycles. The molecule has 0 aliphatic heterocycles. The second-order valence-corrected chi connectivity index (χ2v) is 6.33. The van der Waals surface area contributed by atoms with Crippen LogP contribution in [-0.2, 0) is 4.42 Å². The highest BCUT2D eigenvalue weighted by Gasteiger charge is 2.19. The fourth-order valence-corrected chi connectivity index (χ4v) is 2.91. The molecule has 4 rings (SSSR count). The van der Waals surface area contributed by atoms with Crippen molar-refractivity contribution in [3.05, 3.63) is 109 Å². The second kappa shape index (κ2) is 7.34. The van der Waals surface area contributed by atoms with Crippen LogP contribution in [0, 0.1) is 6.92 Å². The summed E-state index contributed by atoms with van der Waals surface area (Å²) in [5, 5.41) is 0. The van der Waals surface area contributed by atoms with E-state index in [1.807, 2.05) is 67.6 Å². The van der Waals surface area contributed by atoms with Gasteiger partial charge in [0.15, 0.2) is 0 Å².